The molecule has 274 valence electrons. The summed E-state index contributed by atoms with van der Waals surface area (Å²) in [6.07, 6.45) is 7.69. The molecular weight excluding hydrogens is 699 g/mol. The highest BCUT2D eigenvalue weighted by Crippen LogP contribution is 2.58. The summed E-state index contributed by atoms with van der Waals surface area (Å²) in [5, 5.41) is 2.49. The summed E-state index contributed by atoms with van der Waals surface area (Å²) >= 11 is 0. The minimum atomic E-state index is -0.720. The Morgan fingerprint density at radius 1 is 0.448 bits per heavy atom. The van der Waals surface area contributed by atoms with Crippen molar-refractivity contribution in [3.63, 3.8) is 0 Å². The second-order valence-corrected chi connectivity index (χ2v) is 15.7. The molecule has 1 nitrogen and oxygen atoms in total. The zero-order chi connectivity index (χ0) is 38.7. The minimum Gasteiger partial charge on any atom is -0.309 e. The maximum Gasteiger partial charge on any atom is 0.0699 e. The molecule has 0 spiro atoms. The third-order valence-corrected chi connectivity index (χ3v) is 12.8. The Kier molecular flexibility index (Phi) is 7.91. The number of para-hydroxylation sites is 2. The lowest BCUT2D eigenvalue weighted by molar-refractivity contribution is 0.627. The van der Waals surface area contributed by atoms with Crippen molar-refractivity contribution in [1.82, 2.24) is 4.57 Å². The van der Waals surface area contributed by atoms with Gasteiger partial charge >= 0.3 is 0 Å². The molecule has 8 aromatic carbocycles. The first-order chi connectivity index (χ1) is 28.7. The molecule has 11 rings (SSSR count). The highest BCUT2D eigenvalue weighted by atomic mass is 15.0. The van der Waals surface area contributed by atoms with Crippen molar-refractivity contribution in [3.8, 4) is 16.8 Å². The smallest absolute Gasteiger partial charge is 0.0699 e. The second-order valence-electron chi connectivity index (χ2n) is 15.7. The predicted octanol–water partition coefficient (Wildman–Crippen LogP) is 14.0. The van der Waals surface area contributed by atoms with Gasteiger partial charge in [-0.1, -0.05) is 195 Å². The standard InChI is InChI=1S/C57H41N/c1-40-19-17-21-43-39-56(44-22-5-2-6-23-44,51-31-13-11-29-48(43)51)52-32-14-15-33-53(52)57(40,45-24-7-3-8-25-45)46-26-18-20-41(37-46)42-35-36-55-50(38-42)49-30-12-16-34-54(49)58(55)47-27-9-4-10-28-47/h2-38H,1,39H2/b19-17-,43-21+. The molecular formula is C57H41N. The number of nitrogens with zero attached hydrogens (tertiary/aromatic N) is 1. The van der Waals surface area contributed by atoms with Crippen molar-refractivity contribution in [2.24, 2.45) is 0 Å². The maximum absolute atomic E-state index is 5.00. The Balaban J connectivity index is 1.19. The van der Waals surface area contributed by atoms with Crippen LogP contribution in [-0.2, 0) is 10.8 Å². The fourth-order valence-corrected chi connectivity index (χ4v) is 10.4. The van der Waals surface area contributed by atoms with Gasteiger partial charge in [-0.15, -0.1) is 0 Å². The molecule has 1 heteroatoms. The van der Waals surface area contributed by atoms with Crippen LogP contribution in [0.3, 0.4) is 0 Å². The third kappa shape index (κ3) is 4.96. The van der Waals surface area contributed by atoms with E-state index in [1.807, 2.05) is 0 Å². The van der Waals surface area contributed by atoms with Gasteiger partial charge < -0.3 is 4.57 Å². The molecule has 2 bridgehead atoms. The van der Waals surface area contributed by atoms with Crippen molar-refractivity contribution in [2.45, 2.75) is 17.3 Å². The molecule has 0 fully saturated rings. The summed E-state index contributed by atoms with van der Waals surface area (Å²) in [5.41, 5.74) is 16.0. The first kappa shape index (κ1) is 34.1. The molecule has 0 saturated heterocycles. The third-order valence-electron chi connectivity index (χ3n) is 12.8. The SMILES string of the molecule is C=C1/C=C\C=C2/CC(c3ccccc3)(c3ccccc32)c2ccccc2C1(c1ccccc1)c1cccc(-c2ccc3c(c2)c2ccccc2n3-c2ccccc2)c1. The Morgan fingerprint density at radius 3 is 1.84 bits per heavy atom. The molecule has 1 aromatic heterocycles. The molecule has 2 unspecified atom stereocenters. The lowest BCUT2D eigenvalue weighted by Gasteiger charge is -2.43. The number of rotatable bonds is 5. The van der Waals surface area contributed by atoms with Crippen LogP contribution < -0.4 is 0 Å². The number of aromatic nitrogens is 1. The highest BCUT2D eigenvalue weighted by Gasteiger charge is 2.49. The fourth-order valence-electron chi connectivity index (χ4n) is 10.4. The zero-order valence-electron chi connectivity index (χ0n) is 32.2. The van der Waals surface area contributed by atoms with Gasteiger partial charge in [0.2, 0.25) is 0 Å². The van der Waals surface area contributed by atoms with Crippen LogP contribution in [0, 0.1) is 0 Å². The van der Waals surface area contributed by atoms with E-state index in [9.17, 15) is 0 Å². The Labute approximate surface area is 340 Å². The topological polar surface area (TPSA) is 4.93 Å². The summed E-state index contributed by atoms with van der Waals surface area (Å²) in [5.74, 6) is 0. The van der Waals surface area contributed by atoms with Gasteiger partial charge in [-0.05, 0) is 104 Å². The molecule has 58 heavy (non-hydrogen) atoms. The van der Waals surface area contributed by atoms with Gasteiger partial charge in [0.05, 0.1) is 21.9 Å². The average molecular weight is 740 g/mol. The van der Waals surface area contributed by atoms with E-state index in [0.717, 1.165) is 17.7 Å². The van der Waals surface area contributed by atoms with Gasteiger partial charge in [-0.25, -0.2) is 0 Å². The number of hydrogen-bond donors (Lipinski definition) is 0. The largest absolute Gasteiger partial charge is 0.309 e. The van der Waals surface area contributed by atoms with E-state index in [-0.39, 0.29) is 0 Å². The van der Waals surface area contributed by atoms with Crippen LogP contribution in [0.1, 0.15) is 45.4 Å². The van der Waals surface area contributed by atoms with Crippen molar-refractivity contribution in [1.29, 1.82) is 0 Å². The van der Waals surface area contributed by atoms with Gasteiger partial charge in [0, 0.05) is 16.5 Å². The van der Waals surface area contributed by atoms with Crippen LogP contribution in [-0.4, -0.2) is 4.57 Å². The quantitative estimate of drug-likeness (QED) is 0.166. The Hall–Kier alpha value is -7.22. The van der Waals surface area contributed by atoms with E-state index in [4.69, 9.17) is 6.58 Å². The molecule has 0 N–H and O–H groups in total. The molecule has 0 radical (unpaired) electrons. The monoisotopic (exact) mass is 739 g/mol. The van der Waals surface area contributed by atoms with E-state index in [0.29, 0.717) is 0 Å². The van der Waals surface area contributed by atoms with Gasteiger partial charge in [0.25, 0.3) is 0 Å². The predicted molar refractivity (Wildman–Crippen MR) is 243 cm³/mol. The molecule has 0 saturated carbocycles. The lowest BCUT2D eigenvalue weighted by atomic mass is 9.59. The van der Waals surface area contributed by atoms with Gasteiger partial charge in [-0.3, -0.25) is 0 Å². The molecule has 2 atom stereocenters. The van der Waals surface area contributed by atoms with E-state index < -0.39 is 10.8 Å². The van der Waals surface area contributed by atoms with Crippen LogP contribution in [0.15, 0.2) is 237 Å². The number of fused-ring (bicyclic) bond motifs is 10. The van der Waals surface area contributed by atoms with E-state index in [1.165, 1.54) is 77.5 Å². The summed E-state index contributed by atoms with van der Waals surface area (Å²) in [6, 6.07) is 76.1. The lowest BCUT2D eigenvalue weighted by Crippen LogP contribution is -2.37. The summed E-state index contributed by atoms with van der Waals surface area (Å²) in [4.78, 5) is 0. The second kappa shape index (κ2) is 13.5. The number of allylic oxidation sites excluding steroid dienone is 5. The van der Waals surface area contributed by atoms with Gasteiger partial charge in [0.1, 0.15) is 0 Å². The molecule has 9 aromatic rings. The van der Waals surface area contributed by atoms with Crippen LogP contribution in [0.25, 0.3) is 44.2 Å². The summed E-state index contributed by atoms with van der Waals surface area (Å²) in [7, 11) is 0. The van der Waals surface area contributed by atoms with Crippen molar-refractivity contribution in [2.75, 3.05) is 0 Å². The fraction of sp³-hybridized carbons (Fsp3) is 0.0526. The minimum absolute atomic E-state index is 0.415. The van der Waals surface area contributed by atoms with E-state index >= 15 is 0 Å². The van der Waals surface area contributed by atoms with Crippen molar-refractivity contribution < 1.29 is 0 Å². The molecule has 0 amide bonds. The van der Waals surface area contributed by atoms with Crippen molar-refractivity contribution in [3.05, 3.63) is 276 Å². The Bertz CT molecular complexity index is 3090. The molecule has 2 aliphatic carbocycles. The first-order valence-corrected chi connectivity index (χ1v) is 20.2. The normalized spacial score (nSPS) is 19.9. The van der Waals surface area contributed by atoms with Gasteiger partial charge in [-0.2, -0.15) is 0 Å². The number of benzene rings is 8. The number of hydrogen-bond acceptors (Lipinski definition) is 0. The van der Waals surface area contributed by atoms with Crippen LogP contribution in [0.4, 0.5) is 0 Å². The Morgan fingerprint density at radius 2 is 1.05 bits per heavy atom. The van der Waals surface area contributed by atoms with E-state index in [1.54, 1.807) is 0 Å². The summed E-state index contributed by atoms with van der Waals surface area (Å²) in [6.45, 7) is 5.00. The average Bonchev–Trinajstić information content (AvgIpc) is 3.81. The molecule has 2 aliphatic rings. The maximum atomic E-state index is 5.00. The van der Waals surface area contributed by atoms with Crippen LogP contribution in [0.5, 0.6) is 0 Å². The van der Waals surface area contributed by atoms with Crippen molar-refractivity contribution >= 4 is 27.4 Å². The van der Waals surface area contributed by atoms with Gasteiger partial charge in [0.15, 0.2) is 0 Å². The molecule has 0 aliphatic heterocycles. The molecule has 1 heterocycles. The summed E-state index contributed by atoms with van der Waals surface area (Å²) < 4.78 is 2.38. The first-order valence-electron chi connectivity index (χ1n) is 20.2. The highest BCUT2D eigenvalue weighted by molar-refractivity contribution is 6.10. The van der Waals surface area contributed by atoms with Crippen LogP contribution >= 0.6 is 0 Å². The van der Waals surface area contributed by atoms with Crippen LogP contribution in [0.2, 0.25) is 0 Å². The van der Waals surface area contributed by atoms with E-state index in [2.05, 4.69) is 229 Å². The zero-order valence-corrected chi connectivity index (χ0v) is 32.2.